The fourth-order valence-electron chi connectivity index (χ4n) is 2.73. The monoisotopic (exact) mass is 354 g/mol. The quantitative estimate of drug-likeness (QED) is 0.834. The molecule has 0 saturated carbocycles. The Balaban J connectivity index is 2.51. The van der Waals surface area contributed by atoms with Gasteiger partial charge in [-0.2, -0.15) is 10.4 Å². The van der Waals surface area contributed by atoms with Crippen LogP contribution in [0.1, 0.15) is 62.3 Å². The van der Waals surface area contributed by atoms with Crippen LogP contribution in [0.4, 0.5) is 0 Å². The molecule has 0 aliphatic rings. The minimum absolute atomic E-state index is 0.00955. The Morgan fingerprint density at radius 3 is 2.42 bits per heavy atom. The first-order chi connectivity index (χ1) is 12.2. The van der Waals surface area contributed by atoms with Crippen molar-refractivity contribution < 1.29 is 9.90 Å². The van der Waals surface area contributed by atoms with Crippen molar-refractivity contribution in [2.24, 2.45) is 0 Å². The number of amides is 1. The van der Waals surface area contributed by atoms with Crippen molar-refractivity contribution in [2.75, 3.05) is 6.54 Å². The summed E-state index contributed by atoms with van der Waals surface area (Å²) < 4.78 is 1.73. The molecule has 1 heterocycles. The lowest BCUT2D eigenvalue weighted by atomic mass is 10.0. The summed E-state index contributed by atoms with van der Waals surface area (Å²) in [6.45, 7) is 9.39. The average Bonchev–Trinajstić information content (AvgIpc) is 2.99. The molecule has 0 aliphatic heterocycles. The molecular weight excluding hydrogens is 328 g/mol. The van der Waals surface area contributed by atoms with Gasteiger partial charge in [0, 0.05) is 23.7 Å². The zero-order valence-electron chi connectivity index (χ0n) is 16.0. The molecule has 6 nitrogen and oxygen atoms in total. The first-order valence-corrected chi connectivity index (χ1v) is 8.80. The van der Waals surface area contributed by atoms with Crippen molar-refractivity contribution in [1.82, 2.24) is 15.1 Å². The van der Waals surface area contributed by atoms with E-state index in [1.807, 2.05) is 32.9 Å². The normalized spacial score (nSPS) is 11.5. The van der Waals surface area contributed by atoms with Crippen LogP contribution in [0.2, 0.25) is 0 Å². The molecule has 0 saturated heterocycles. The Hall–Kier alpha value is -2.65. The Morgan fingerprint density at radius 2 is 1.96 bits per heavy atom. The Labute approximate surface area is 154 Å². The zero-order valence-corrected chi connectivity index (χ0v) is 16.0. The van der Waals surface area contributed by atoms with Crippen molar-refractivity contribution in [2.45, 2.75) is 52.7 Å². The molecule has 26 heavy (non-hydrogen) atoms. The highest BCUT2D eigenvalue weighted by molar-refractivity contribution is 5.96. The number of nitrogens with zero attached hydrogens (tertiary/aromatic N) is 3. The molecule has 0 bridgehead atoms. The van der Waals surface area contributed by atoms with Gasteiger partial charge in [-0.3, -0.25) is 9.48 Å². The van der Waals surface area contributed by atoms with Gasteiger partial charge < -0.3 is 10.4 Å². The largest absolute Gasteiger partial charge is 0.389 e. The van der Waals surface area contributed by atoms with Gasteiger partial charge >= 0.3 is 0 Å². The average molecular weight is 354 g/mol. The van der Waals surface area contributed by atoms with Gasteiger partial charge in [-0.25, -0.2) is 0 Å². The van der Waals surface area contributed by atoms with E-state index in [4.69, 9.17) is 5.26 Å². The highest BCUT2D eigenvalue weighted by Crippen LogP contribution is 2.28. The standard InChI is InChI=1S/C20H26N4O2/c1-6-16-17(15-9-7-14(11-21)8-10-15)23-24(13(2)3)18(16)19(25)22-12-20(4,5)26/h7-10,13,26H,6,12H2,1-5H3,(H,22,25). The number of rotatable bonds is 6. The maximum absolute atomic E-state index is 12.8. The number of hydrogen-bond acceptors (Lipinski definition) is 4. The van der Waals surface area contributed by atoms with E-state index in [1.165, 1.54) is 0 Å². The lowest BCUT2D eigenvalue weighted by molar-refractivity contribution is 0.0687. The number of hydrogen-bond donors (Lipinski definition) is 2. The zero-order chi connectivity index (χ0) is 19.5. The summed E-state index contributed by atoms with van der Waals surface area (Å²) in [5.41, 5.74) is 2.60. The summed E-state index contributed by atoms with van der Waals surface area (Å²) in [5, 5.41) is 26.3. The Morgan fingerprint density at radius 1 is 1.35 bits per heavy atom. The number of nitriles is 1. The van der Waals surface area contributed by atoms with E-state index >= 15 is 0 Å². The third-order valence-electron chi connectivity index (χ3n) is 4.04. The van der Waals surface area contributed by atoms with Crippen LogP contribution in [0.5, 0.6) is 0 Å². The number of aliphatic hydroxyl groups is 1. The van der Waals surface area contributed by atoms with E-state index in [0.29, 0.717) is 17.7 Å². The minimum atomic E-state index is -0.985. The minimum Gasteiger partial charge on any atom is -0.389 e. The molecular formula is C20H26N4O2. The molecule has 0 spiro atoms. The summed E-state index contributed by atoms with van der Waals surface area (Å²) >= 11 is 0. The first-order valence-electron chi connectivity index (χ1n) is 8.80. The van der Waals surface area contributed by atoms with Crippen LogP contribution in [0.3, 0.4) is 0 Å². The van der Waals surface area contributed by atoms with E-state index < -0.39 is 5.60 Å². The number of benzene rings is 1. The topological polar surface area (TPSA) is 90.9 Å². The van der Waals surface area contributed by atoms with Gasteiger partial charge in [-0.05, 0) is 46.2 Å². The van der Waals surface area contributed by atoms with Crippen molar-refractivity contribution in [3.8, 4) is 17.3 Å². The van der Waals surface area contributed by atoms with Gasteiger partial charge in [0.2, 0.25) is 0 Å². The van der Waals surface area contributed by atoms with Crippen LogP contribution >= 0.6 is 0 Å². The van der Waals surface area contributed by atoms with Gasteiger partial charge in [0.25, 0.3) is 5.91 Å². The van der Waals surface area contributed by atoms with Crippen molar-refractivity contribution in [3.05, 3.63) is 41.1 Å². The molecule has 2 N–H and O–H groups in total. The number of aromatic nitrogens is 2. The van der Waals surface area contributed by atoms with Crippen molar-refractivity contribution in [3.63, 3.8) is 0 Å². The third kappa shape index (κ3) is 4.30. The molecule has 1 aromatic heterocycles. The highest BCUT2D eigenvalue weighted by Gasteiger charge is 2.25. The molecule has 0 atom stereocenters. The Bertz CT molecular complexity index is 821. The van der Waals surface area contributed by atoms with Crippen LogP contribution in [0, 0.1) is 11.3 Å². The van der Waals surface area contributed by atoms with Crippen molar-refractivity contribution >= 4 is 5.91 Å². The second kappa shape index (κ2) is 7.71. The predicted octanol–water partition coefficient (Wildman–Crippen LogP) is 3.07. The van der Waals surface area contributed by atoms with E-state index in [2.05, 4.69) is 16.5 Å². The molecule has 1 amide bonds. The maximum Gasteiger partial charge on any atom is 0.269 e. The molecule has 0 fully saturated rings. The second-order valence-electron chi connectivity index (χ2n) is 7.25. The molecule has 0 aliphatic carbocycles. The SMILES string of the molecule is CCc1c(-c2ccc(C#N)cc2)nn(C(C)C)c1C(=O)NCC(C)(C)O. The van der Waals surface area contributed by atoms with E-state index in [0.717, 1.165) is 16.8 Å². The molecule has 1 aromatic carbocycles. The second-order valence-corrected chi connectivity index (χ2v) is 7.25. The van der Waals surface area contributed by atoms with E-state index in [9.17, 15) is 9.90 Å². The number of carbonyl (C=O) groups excluding carboxylic acids is 1. The van der Waals surface area contributed by atoms with Gasteiger partial charge in [0.15, 0.2) is 0 Å². The van der Waals surface area contributed by atoms with Gasteiger partial charge in [0.05, 0.1) is 22.9 Å². The van der Waals surface area contributed by atoms with Gasteiger partial charge in [0.1, 0.15) is 5.69 Å². The molecule has 138 valence electrons. The lowest BCUT2D eigenvalue weighted by Gasteiger charge is -2.19. The number of carbonyl (C=O) groups is 1. The van der Waals surface area contributed by atoms with E-state index in [1.54, 1.807) is 30.7 Å². The van der Waals surface area contributed by atoms with Crippen LogP contribution < -0.4 is 5.32 Å². The summed E-state index contributed by atoms with van der Waals surface area (Å²) in [6, 6.07) is 9.31. The summed E-state index contributed by atoms with van der Waals surface area (Å²) in [4.78, 5) is 12.8. The van der Waals surface area contributed by atoms with Crippen LogP contribution in [0.15, 0.2) is 24.3 Å². The molecule has 0 unspecified atom stereocenters. The smallest absolute Gasteiger partial charge is 0.269 e. The molecule has 6 heteroatoms. The first kappa shape index (κ1) is 19.7. The molecule has 2 aromatic rings. The summed E-state index contributed by atoms with van der Waals surface area (Å²) in [6.07, 6.45) is 0.646. The molecule has 2 rings (SSSR count). The summed E-state index contributed by atoms with van der Waals surface area (Å²) in [5.74, 6) is -0.245. The highest BCUT2D eigenvalue weighted by atomic mass is 16.3. The van der Waals surface area contributed by atoms with Crippen LogP contribution in [-0.4, -0.2) is 32.9 Å². The maximum atomic E-state index is 12.8. The predicted molar refractivity (Wildman–Crippen MR) is 101 cm³/mol. The fourth-order valence-corrected chi connectivity index (χ4v) is 2.73. The Kier molecular flexibility index (Phi) is 5.83. The van der Waals surface area contributed by atoms with Gasteiger partial charge in [-0.1, -0.05) is 19.1 Å². The van der Waals surface area contributed by atoms with Crippen LogP contribution in [0.25, 0.3) is 11.3 Å². The lowest BCUT2D eigenvalue weighted by Crippen LogP contribution is -2.39. The van der Waals surface area contributed by atoms with E-state index in [-0.39, 0.29) is 18.5 Å². The molecule has 0 radical (unpaired) electrons. The third-order valence-corrected chi connectivity index (χ3v) is 4.04. The van der Waals surface area contributed by atoms with Crippen LogP contribution in [-0.2, 0) is 6.42 Å². The fraction of sp³-hybridized carbons (Fsp3) is 0.450. The van der Waals surface area contributed by atoms with Gasteiger partial charge in [-0.15, -0.1) is 0 Å². The number of nitrogens with one attached hydrogen (secondary N) is 1. The van der Waals surface area contributed by atoms with Crippen molar-refractivity contribution in [1.29, 1.82) is 5.26 Å². The summed E-state index contributed by atoms with van der Waals surface area (Å²) in [7, 11) is 0.